The Balaban J connectivity index is 2.09. The lowest BCUT2D eigenvalue weighted by Gasteiger charge is -2.20. The maximum atomic E-state index is 12.3. The van der Waals surface area contributed by atoms with Crippen LogP contribution in [0.15, 0.2) is 48.8 Å². The van der Waals surface area contributed by atoms with Crippen molar-refractivity contribution in [2.45, 2.75) is 13.0 Å². The normalized spacial score (nSPS) is 13.3. The topological polar surface area (TPSA) is 77.2 Å². The van der Waals surface area contributed by atoms with Gasteiger partial charge >= 0.3 is 0 Å². The van der Waals surface area contributed by atoms with Gasteiger partial charge < -0.3 is 15.8 Å². The Hall–Kier alpha value is -2.40. The van der Waals surface area contributed by atoms with Crippen LogP contribution < -0.4 is 15.8 Å². The Morgan fingerprint density at radius 1 is 1.29 bits per heavy atom. The highest BCUT2D eigenvalue weighted by Crippen LogP contribution is 2.25. The van der Waals surface area contributed by atoms with Crippen molar-refractivity contribution in [1.29, 1.82) is 0 Å². The van der Waals surface area contributed by atoms with Gasteiger partial charge in [-0.2, -0.15) is 0 Å². The van der Waals surface area contributed by atoms with Crippen molar-refractivity contribution < 1.29 is 9.53 Å². The minimum Gasteiger partial charge on any atom is -0.494 e. The third kappa shape index (κ3) is 3.58. The molecule has 1 aromatic heterocycles. The molecule has 0 bridgehead atoms. The van der Waals surface area contributed by atoms with Crippen LogP contribution in [0.4, 0.5) is 5.69 Å². The van der Waals surface area contributed by atoms with Crippen molar-refractivity contribution in [3.63, 3.8) is 0 Å². The summed E-state index contributed by atoms with van der Waals surface area (Å²) in [5.41, 5.74) is 7.62. The molecule has 0 spiro atoms. The molecule has 2 unspecified atom stereocenters. The number of anilines is 1. The molecule has 0 aliphatic carbocycles. The largest absolute Gasteiger partial charge is 0.494 e. The molecule has 1 aromatic carbocycles. The van der Waals surface area contributed by atoms with Gasteiger partial charge in [-0.15, -0.1) is 0 Å². The number of pyridine rings is 1. The second-order valence-electron chi connectivity index (χ2n) is 4.79. The second kappa shape index (κ2) is 6.85. The number of benzene rings is 1. The van der Waals surface area contributed by atoms with Crippen molar-refractivity contribution in [1.82, 2.24) is 4.98 Å². The number of methoxy groups -OCH3 is 1. The first kappa shape index (κ1) is 15.0. The molecule has 5 nitrogen and oxygen atoms in total. The molecule has 21 heavy (non-hydrogen) atoms. The molecule has 5 heteroatoms. The smallest absolute Gasteiger partial charge is 0.229 e. The van der Waals surface area contributed by atoms with Gasteiger partial charge in [-0.1, -0.05) is 37.3 Å². The molecule has 2 aromatic rings. The van der Waals surface area contributed by atoms with Crippen molar-refractivity contribution >= 4 is 11.6 Å². The first-order valence-electron chi connectivity index (χ1n) is 6.73. The second-order valence-corrected chi connectivity index (χ2v) is 4.79. The van der Waals surface area contributed by atoms with Gasteiger partial charge in [-0.3, -0.25) is 9.78 Å². The van der Waals surface area contributed by atoms with Crippen LogP contribution in [0, 0.1) is 5.92 Å². The average molecular weight is 285 g/mol. The van der Waals surface area contributed by atoms with Gasteiger partial charge in [0, 0.05) is 18.3 Å². The maximum Gasteiger partial charge on any atom is 0.229 e. The van der Waals surface area contributed by atoms with E-state index in [4.69, 9.17) is 10.5 Å². The van der Waals surface area contributed by atoms with Crippen molar-refractivity contribution in [3.05, 3.63) is 54.4 Å². The van der Waals surface area contributed by atoms with E-state index >= 15 is 0 Å². The van der Waals surface area contributed by atoms with Crippen molar-refractivity contribution in [2.75, 3.05) is 12.4 Å². The van der Waals surface area contributed by atoms with Gasteiger partial charge in [-0.05, 0) is 5.56 Å². The SMILES string of the molecule is COc1ccncc1NC(=O)C(C)C(N)c1ccccc1. The van der Waals surface area contributed by atoms with Gasteiger partial charge in [0.05, 0.1) is 19.2 Å². The Morgan fingerprint density at radius 3 is 2.67 bits per heavy atom. The zero-order chi connectivity index (χ0) is 15.2. The minimum atomic E-state index is -0.377. The van der Waals surface area contributed by atoms with Crippen LogP contribution in [-0.2, 0) is 4.79 Å². The van der Waals surface area contributed by atoms with Gasteiger partial charge in [0.1, 0.15) is 11.4 Å². The average Bonchev–Trinajstić information content (AvgIpc) is 2.54. The number of carbonyl (C=O) groups is 1. The molecule has 0 saturated carbocycles. The number of aromatic nitrogens is 1. The predicted molar refractivity (Wildman–Crippen MR) is 82.0 cm³/mol. The lowest BCUT2D eigenvalue weighted by molar-refractivity contribution is -0.120. The number of rotatable bonds is 5. The third-order valence-electron chi connectivity index (χ3n) is 3.40. The summed E-state index contributed by atoms with van der Waals surface area (Å²) in [6.45, 7) is 1.80. The molecule has 0 fully saturated rings. The number of ether oxygens (including phenoxy) is 1. The molecule has 0 saturated heterocycles. The molecule has 0 aliphatic rings. The number of amides is 1. The summed E-state index contributed by atoms with van der Waals surface area (Å²) in [6, 6.07) is 10.9. The summed E-state index contributed by atoms with van der Waals surface area (Å²) < 4.78 is 5.19. The highest BCUT2D eigenvalue weighted by Gasteiger charge is 2.22. The van der Waals surface area contributed by atoms with Crippen LogP contribution in [-0.4, -0.2) is 18.0 Å². The van der Waals surface area contributed by atoms with Gasteiger partial charge in [0.2, 0.25) is 5.91 Å². The first-order chi connectivity index (χ1) is 10.1. The van der Waals surface area contributed by atoms with E-state index in [2.05, 4.69) is 10.3 Å². The molecule has 3 N–H and O–H groups in total. The van der Waals surface area contributed by atoms with Crippen LogP contribution in [0.1, 0.15) is 18.5 Å². The highest BCUT2D eigenvalue weighted by molar-refractivity contribution is 5.94. The van der Waals surface area contributed by atoms with E-state index in [9.17, 15) is 4.79 Å². The summed E-state index contributed by atoms with van der Waals surface area (Å²) in [7, 11) is 1.55. The summed E-state index contributed by atoms with van der Waals surface area (Å²) >= 11 is 0. The number of hydrogen-bond acceptors (Lipinski definition) is 4. The monoisotopic (exact) mass is 285 g/mol. The van der Waals surface area contributed by atoms with E-state index in [0.717, 1.165) is 5.56 Å². The fraction of sp³-hybridized carbons (Fsp3) is 0.250. The predicted octanol–water partition coefficient (Wildman–Crippen LogP) is 2.36. The summed E-state index contributed by atoms with van der Waals surface area (Å²) in [6.07, 6.45) is 3.16. The van der Waals surface area contributed by atoms with E-state index in [0.29, 0.717) is 11.4 Å². The zero-order valence-electron chi connectivity index (χ0n) is 12.1. The molecule has 2 atom stereocenters. The number of carbonyl (C=O) groups excluding carboxylic acids is 1. The Kier molecular flexibility index (Phi) is 4.90. The number of nitrogens with zero attached hydrogens (tertiary/aromatic N) is 1. The molecule has 0 radical (unpaired) electrons. The number of hydrogen-bond donors (Lipinski definition) is 2. The van der Waals surface area contributed by atoms with E-state index in [1.165, 1.54) is 0 Å². The van der Waals surface area contributed by atoms with E-state index < -0.39 is 0 Å². The van der Waals surface area contributed by atoms with Crippen molar-refractivity contribution in [2.24, 2.45) is 11.7 Å². The number of nitrogens with two attached hydrogens (primary N) is 1. The maximum absolute atomic E-state index is 12.3. The van der Waals surface area contributed by atoms with E-state index in [1.807, 2.05) is 30.3 Å². The highest BCUT2D eigenvalue weighted by atomic mass is 16.5. The fourth-order valence-electron chi connectivity index (χ4n) is 2.03. The standard InChI is InChI=1S/C16H19N3O2/c1-11(15(17)12-6-4-3-5-7-12)16(20)19-13-10-18-9-8-14(13)21-2/h3-11,15H,17H2,1-2H3,(H,19,20). The van der Waals surface area contributed by atoms with Crippen LogP contribution in [0.5, 0.6) is 5.75 Å². The fourth-order valence-corrected chi connectivity index (χ4v) is 2.03. The third-order valence-corrected chi connectivity index (χ3v) is 3.40. The molecular formula is C16H19N3O2. The van der Waals surface area contributed by atoms with Gasteiger partial charge in [0.25, 0.3) is 0 Å². The molecule has 110 valence electrons. The minimum absolute atomic E-state index is 0.169. The van der Waals surface area contributed by atoms with Crippen molar-refractivity contribution in [3.8, 4) is 5.75 Å². The van der Waals surface area contributed by atoms with Crippen LogP contribution >= 0.6 is 0 Å². The molecule has 1 heterocycles. The summed E-state index contributed by atoms with van der Waals surface area (Å²) in [5, 5.41) is 2.81. The zero-order valence-corrected chi connectivity index (χ0v) is 12.1. The van der Waals surface area contributed by atoms with Crippen LogP contribution in [0.25, 0.3) is 0 Å². The van der Waals surface area contributed by atoms with Gasteiger partial charge in [0.15, 0.2) is 0 Å². The molecule has 2 rings (SSSR count). The summed E-state index contributed by atoms with van der Waals surface area (Å²) in [4.78, 5) is 16.3. The number of nitrogens with one attached hydrogen (secondary N) is 1. The Bertz CT molecular complexity index is 601. The Morgan fingerprint density at radius 2 is 2.00 bits per heavy atom. The lowest BCUT2D eigenvalue weighted by Crippen LogP contribution is -2.30. The quantitative estimate of drug-likeness (QED) is 0.884. The van der Waals surface area contributed by atoms with Gasteiger partial charge in [-0.25, -0.2) is 0 Å². The van der Waals surface area contributed by atoms with E-state index in [1.54, 1.807) is 32.5 Å². The summed E-state index contributed by atoms with van der Waals surface area (Å²) in [5.74, 6) is 0.0220. The Labute approximate surface area is 124 Å². The van der Waals surface area contributed by atoms with Crippen LogP contribution in [0.2, 0.25) is 0 Å². The van der Waals surface area contributed by atoms with Crippen LogP contribution in [0.3, 0.4) is 0 Å². The first-order valence-corrected chi connectivity index (χ1v) is 6.73. The lowest BCUT2D eigenvalue weighted by atomic mass is 9.94. The molecule has 1 amide bonds. The molecule has 0 aliphatic heterocycles. The van der Waals surface area contributed by atoms with E-state index in [-0.39, 0.29) is 17.9 Å². The molecular weight excluding hydrogens is 266 g/mol.